The standard InChI is InChI=1S/C23H29NO6/c1-27-16-9-10-17(20(14-16)29-3)22(24-12-6-5-7-18(24)23(25)26)15-8-11-19(28-2)21(13-15)30-4/h8-11,13-14,18,22H,5-7,12H2,1-4H3,(H,25,26). The topological polar surface area (TPSA) is 77.5 Å². The summed E-state index contributed by atoms with van der Waals surface area (Å²) in [6.45, 7) is 0.672. The molecule has 1 N–H and O–H groups in total. The number of methoxy groups -OCH3 is 4. The molecule has 1 aliphatic rings. The van der Waals surface area contributed by atoms with Crippen LogP contribution in [0.1, 0.15) is 36.4 Å². The number of carboxylic acid groups (broad SMARTS) is 1. The molecule has 2 atom stereocenters. The Labute approximate surface area is 177 Å². The van der Waals surface area contributed by atoms with Gasteiger partial charge in [-0.2, -0.15) is 0 Å². The summed E-state index contributed by atoms with van der Waals surface area (Å²) >= 11 is 0. The molecule has 0 saturated carbocycles. The summed E-state index contributed by atoms with van der Waals surface area (Å²) in [4.78, 5) is 14.1. The highest BCUT2D eigenvalue weighted by Gasteiger charge is 2.36. The van der Waals surface area contributed by atoms with Crippen molar-refractivity contribution in [3.63, 3.8) is 0 Å². The van der Waals surface area contributed by atoms with E-state index >= 15 is 0 Å². The van der Waals surface area contributed by atoms with Crippen molar-refractivity contribution in [3.8, 4) is 23.0 Å². The van der Waals surface area contributed by atoms with E-state index in [4.69, 9.17) is 18.9 Å². The van der Waals surface area contributed by atoms with Crippen molar-refractivity contribution >= 4 is 5.97 Å². The number of nitrogens with zero attached hydrogens (tertiary/aromatic N) is 1. The average Bonchev–Trinajstić information content (AvgIpc) is 2.79. The molecule has 1 fully saturated rings. The molecule has 0 bridgehead atoms. The van der Waals surface area contributed by atoms with E-state index in [1.54, 1.807) is 28.4 Å². The van der Waals surface area contributed by atoms with E-state index in [0.717, 1.165) is 24.0 Å². The summed E-state index contributed by atoms with van der Waals surface area (Å²) < 4.78 is 21.9. The van der Waals surface area contributed by atoms with E-state index in [1.807, 2.05) is 41.3 Å². The lowest BCUT2D eigenvalue weighted by atomic mass is 9.91. The van der Waals surface area contributed by atoms with Crippen molar-refractivity contribution in [2.75, 3.05) is 35.0 Å². The van der Waals surface area contributed by atoms with Gasteiger partial charge in [0.1, 0.15) is 17.5 Å². The van der Waals surface area contributed by atoms with Gasteiger partial charge in [-0.05, 0) is 49.2 Å². The van der Waals surface area contributed by atoms with Crippen LogP contribution in [0, 0.1) is 0 Å². The predicted molar refractivity (Wildman–Crippen MR) is 113 cm³/mol. The van der Waals surface area contributed by atoms with Gasteiger partial charge in [-0.15, -0.1) is 0 Å². The van der Waals surface area contributed by atoms with E-state index in [0.29, 0.717) is 36.0 Å². The van der Waals surface area contributed by atoms with Crippen LogP contribution in [0.25, 0.3) is 0 Å². The van der Waals surface area contributed by atoms with Gasteiger partial charge in [0.2, 0.25) is 0 Å². The van der Waals surface area contributed by atoms with Gasteiger partial charge in [-0.1, -0.05) is 12.5 Å². The van der Waals surface area contributed by atoms with Crippen LogP contribution in [0.15, 0.2) is 36.4 Å². The van der Waals surface area contributed by atoms with Crippen molar-refractivity contribution < 1.29 is 28.8 Å². The molecule has 2 aromatic rings. The third kappa shape index (κ3) is 4.31. The number of likely N-dealkylation sites (tertiary alicyclic amines) is 1. The largest absolute Gasteiger partial charge is 0.497 e. The van der Waals surface area contributed by atoms with Crippen LogP contribution < -0.4 is 18.9 Å². The molecule has 30 heavy (non-hydrogen) atoms. The fraction of sp³-hybridized carbons (Fsp3) is 0.435. The summed E-state index contributed by atoms with van der Waals surface area (Å²) in [5.74, 6) is 1.72. The average molecular weight is 415 g/mol. The SMILES string of the molecule is COc1ccc(C(c2ccc(OC)c(OC)c2)N2CCCCC2C(=O)O)c(OC)c1. The van der Waals surface area contributed by atoms with Crippen LogP contribution in [0.5, 0.6) is 23.0 Å². The Morgan fingerprint density at radius 3 is 2.30 bits per heavy atom. The van der Waals surface area contributed by atoms with Gasteiger partial charge in [-0.25, -0.2) is 0 Å². The maximum atomic E-state index is 12.1. The third-order valence-corrected chi connectivity index (χ3v) is 5.62. The number of carbonyl (C=O) groups is 1. The van der Waals surface area contributed by atoms with Crippen molar-refractivity contribution in [2.24, 2.45) is 0 Å². The van der Waals surface area contributed by atoms with E-state index in [-0.39, 0.29) is 6.04 Å². The predicted octanol–water partition coefficient (Wildman–Crippen LogP) is 3.75. The summed E-state index contributed by atoms with van der Waals surface area (Å²) in [5, 5.41) is 9.91. The Hall–Kier alpha value is -2.93. The van der Waals surface area contributed by atoms with Crippen molar-refractivity contribution in [1.82, 2.24) is 4.90 Å². The van der Waals surface area contributed by atoms with Crippen molar-refractivity contribution in [1.29, 1.82) is 0 Å². The molecule has 2 aromatic carbocycles. The Morgan fingerprint density at radius 1 is 0.933 bits per heavy atom. The number of piperidine rings is 1. The van der Waals surface area contributed by atoms with Crippen LogP contribution in [0.3, 0.4) is 0 Å². The molecule has 0 aliphatic carbocycles. The Bertz CT molecular complexity index is 884. The summed E-state index contributed by atoms with van der Waals surface area (Å²) in [7, 11) is 6.39. The fourth-order valence-electron chi connectivity index (χ4n) is 4.15. The van der Waals surface area contributed by atoms with Gasteiger partial charge in [0.25, 0.3) is 0 Å². The molecule has 1 aliphatic heterocycles. The first kappa shape index (κ1) is 21.8. The number of benzene rings is 2. The number of ether oxygens (including phenoxy) is 4. The van der Waals surface area contributed by atoms with Crippen LogP contribution in [-0.4, -0.2) is 57.0 Å². The van der Waals surface area contributed by atoms with Gasteiger partial charge in [0.05, 0.1) is 34.5 Å². The molecule has 2 unspecified atom stereocenters. The maximum Gasteiger partial charge on any atom is 0.320 e. The molecule has 1 saturated heterocycles. The monoisotopic (exact) mass is 415 g/mol. The Balaban J connectivity index is 2.18. The zero-order chi connectivity index (χ0) is 21.7. The minimum Gasteiger partial charge on any atom is -0.497 e. The molecule has 7 heteroatoms. The van der Waals surface area contributed by atoms with Crippen LogP contribution in [0.4, 0.5) is 0 Å². The van der Waals surface area contributed by atoms with Gasteiger partial charge >= 0.3 is 5.97 Å². The maximum absolute atomic E-state index is 12.1. The van der Waals surface area contributed by atoms with E-state index in [9.17, 15) is 9.90 Å². The number of hydrogen-bond acceptors (Lipinski definition) is 6. The zero-order valence-corrected chi connectivity index (χ0v) is 17.9. The van der Waals surface area contributed by atoms with Gasteiger partial charge in [0, 0.05) is 11.6 Å². The van der Waals surface area contributed by atoms with Crippen molar-refractivity contribution in [3.05, 3.63) is 47.5 Å². The highest BCUT2D eigenvalue weighted by atomic mass is 16.5. The molecule has 7 nitrogen and oxygen atoms in total. The minimum absolute atomic E-state index is 0.327. The highest BCUT2D eigenvalue weighted by Crippen LogP contribution is 2.42. The van der Waals surface area contributed by atoms with Crippen molar-refractivity contribution in [2.45, 2.75) is 31.3 Å². The molecular formula is C23H29NO6. The molecule has 1 heterocycles. The molecule has 162 valence electrons. The normalized spacial score (nSPS) is 17.8. The molecular weight excluding hydrogens is 386 g/mol. The Kier molecular flexibility index (Phi) is 7.05. The third-order valence-electron chi connectivity index (χ3n) is 5.62. The lowest BCUT2D eigenvalue weighted by Crippen LogP contribution is -2.46. The smallest absolute Gasteiger partial charge is 0.320 e. The van der Waals surface area contributed by atoms with E-state index in [1.165, 1.54) is 0 Å². The summed E-state index contributed by atoms with van der Waals surface area (Å²) in [6, 6.07) is 10.4. The van der Waals surface area contributed by atoms with E-state index < -0.39 is 12.0 Å². The fourth-order valence-corrected chi connectivity index (χ4v) is 4.15. The highest BCUT2D eigenvalue weighted by molar-refractivity contribution is 5.74. The number of hydrogen-bond donors (Lipinski definition) is 1. The second-order valence-corrected chi connectivity index (χ2v) is 7.21. The van der Waals surface area contributed by atoms with Crippen LogP contribution in [-0.2, 0) is 4.79 Å². The first-order valence-corrected chi connectivity index (χ1v) is 9.96. The molecule has 0 radical (unpaired) electrons. The second-order valence-electron chi connectivity index (χ2n) is 7.21. The first-order valence-electron chi connectivity index (χ1n) is 9.96. The second kappa shape index (κ2) is 9.71. The number of carboxylic acids is 1. The van der Waals surface area contributed by atoms with E-state index in [2.05, 4.69) is 0 Å². The van der Waals surface area contributed by atoms with Crippen LogP contribution >= 0.6 is 0 Å². The lowest BCUT2D eigenvalue weighted by Gasteiger charge is -2.40. The quantitative estimate of drug-likeness (QED) is 0.704. The van der Waals surface area contributed by atoms with Gasteiger partial charge in [-0.3, -0.25) is 9.69 Å². The summed E-state index contributed by atoms with van der Waals surface area (Å²) in [5.41, 5.74) is 1.78. The molecule has 3 rings (SSSR count). The Morgan fingerprint density at radius 2 is 1.67 bits per heavy atom. The molecule has 0 aromatic heterocycles. The molecule has 0 spiro atoms. The van der Waals surface area contributed by atoms with Gasteiger partial charge in [0.15, 0.2) is 11.5 Å². The number of rotatable bonds is 8. The van der Waals surface area contributed by atoms with Crippen LogP contribution in [0.2, 0.25) is 0 Å². The zero-order valence-electron chi connectivity index (χ0n) is 17.9. The number of aliphatic carboxylic acids is 1. The first-order chi connectivity index (χ1) is 14.5. The minimum atomic E-state index is -0.812. The summed E-state index contributed by atoms with van der Waals surface area (Å²) in [6.07, 6.45) is 2.44. The molecule has 0 amide bonds. The lowest BCUT2D eigenvalue weighted by molar-refractivity contribution is -0.145. The van der Waals surface area contributed by atoms with Gasteiger partial charge < -0.3 is 24.1 Å².